The molecule has 6 aliphatic rings. The molecular weight excluding hydrogens is 606 g/mol. The van der Waals surface area contributed by atoms with Gasteiger partial charge >= 0.3 is 17.9 Å². The van der Waals surface area contributed by atoms with E-state index in [0.717, 1.165) is 97.1 Å². The highest BCUT2D eigenvalue weighted by Crippen LogP contribution is 2.77. The molecule has 8 nitrogen and oxygen atoms in total. The molecule has 6 fully saturated rings. The van der Waals surface area contributed by atoms with Crippen LogP contribution in [0.4, 0.5) is 0 Å². The predicted molar refractivity (Wildman–Crippen MR) is 184 cm³/mol. The maximum atomic E-state index is 14.3. The number of fused-ring (bicyclic) bond motifs is 7. The van der Waals surface area contributed by atoms with Crippen LogP contribution in [0.15, 0.2) is 12.2 Å². The van der Waals surface area contributed by atoms with Gasteiger partial charge < -0.3 is 18.9 Å². The molecule has 4 unspecified atom stereocenters. The summed E-state index contributed by atoms with van der Waals surface area (Å²) in [5.74, 6) is 1.32. The van der Waals surface area contributed by atoms with Crippen molar-refractivity contribution < 1.29 is 33.3 Å². The third-order valence-electron chi connectivity index (χ3n) is 15.9. The topological polar surface area (TPSA) is 91.4 Å². The van der Waals surface area contributed by atoms with Crippen molar-refractivity contribution in [2.45, 2.75) is 119 Å². The highest BCUT2D eigenvalue weighted by Gasteiger charge is 2.72. The Hall–Kier alpha value is -1.93. The molecule has 5 saturated carbocycles. The standard InChI is InChI=1S/C40H63NO7/c1-26(2)29-11-16-40(35(44)46-24-21-41-19-22-45-23-20-41)18-17-38(7)30(34(29)40)9-10-32-36(5)14-13-33(48-28(4)43)37(6,25-47-27(3)42)31(36)12-15-39(32,38)8/h29-34H,1,9-25H2,2-8H3/t29-,30?,31?,32?,33-,34?,36-,37-,38+,39+,40-/m0/s1. The van der Waals surface area contributed by atoms with Gasteiger partial charge in [0.1, 0.15) is 19.3 Å². The molecule has 270 valence electrons. The van der Waals surface area contributed by atoms with Crippen molar-refractivity contribution in [2.24, 2.45) is 56.7 Å². The first kappa shape index (κ1) is 35.9. The molecule has 0 N–H and O–H groups in total. The second-order valence-corrected chi connectivity index (χ2v) is 17.9. The van der Waals surface area contributed by atoms with Gasteiger partial charge in [0.25, 0.3) is 0 Å². The van der Waals surface area contributed by atoms with E-state index < -0.39 is 10.8 Å². The molecule has 1 heterocycles. The number of rotatable bonds is 8. The molecule has 6 rings (SSSR count). The predicted octanol–water partition coefficient (Wildman–Crippen LogP) is 6.99. The first-order valence-electron chi connectivity index (χ1n) is 19.1. The summed E-state index contributed by atoms with van der Waals surface area (Å²) in [6.45, 7) is 24.3. The van der Waals surface area contributed by atoms with Crippen molar-refractivity contribution >= 4 is 17.9 Å². The van der Waals surface area contributed by atoms with Gasteiger partial charge in [-0.2, -0.15) is 0 Å². The Balaban J connectivity index is 1.28. The Bertz CT molecular complexity index is 1280. The minimum atomic E-state index is -0.438. The lowest BCUT2D eigenvalue weighted by atomic mass is 9.32. The van der Waals surface area contributed by atoms with Crippen molar-refractivity contribution in [1.29, 1.82) is 0 Å². The van der Waals surface area contributed by atoms with E-state index in [0.29, 0.717) is 24.4 Å². The van der Waals surface area contributed by atoms with Gasteiger partial charge in [-0.3, -0.25) is 19.3 Å². The molecule has 0 bridgehead atoms. The molecule has 48 heavy (non-hydrogen) atoms. The molecule has 0 aromatic carbocycles. The van der Waals surface area contributed by atoms with Gasteiger partial charge in [-0.1, -0.05) is 39.8 Å². The Morgan fingerprint density at radius 2 is 1.52 bits per heavy atom. The zero-order chi connectivity index (χ0) is 34.7. The zero-order valence-electron chi connectivity index (χ0n) is 31.0. The molecule has 0 amide bonds. The molecule has 11 atom stereocenters. The number of ether oxygens (including phenoxy) is 4. The average Bonchev–Trinajstić information content (AvgIpc) is 3.44. The van der Waals surface area contributed by atoms with Crippen molar-refractivity contribution in [3.8, 4) is 0 Å². The molecule has 8 heteroatoms. The van der Waals surface area contributed by atoms with Crippen LogP contribution in [0, 0.1) is 56.7 Å². The van der Waals surface area contributed by atoms with E-state index in [1.807, 2.05) is 0 Å². The number of hydrogen-bond donors (Lipinski definition) is 0. The van der Waals surface area contributed by atoms with Crippen LogP contribution in [0.1, 0.15) is 113 Å². The van der Waals surface area contributed by atoms with Crippen LogP contribution >= 0.6 is 0 Å². The fourth-order valence-corrected chi connectivity index (χ4v) is 13.4. The number of morpholine rings is 1. The second-order valence-electron chi connectivity index (χ2n) is 17.9. The van der Waals surface area contributed by atoms with E-state index in [4.69, 9.17) is 18.9 Å². The summed E-state index contributed by atoms with van der Waals surface area (Å²) < 4.78 is 23.5. The van der Waals surface area contributed by atoms with Crippen LogP contribution in [-0.4, -0.2) is 75.0 Å². The van der Waals surface area contributed by atoms with Crippen LogP contribution in [0.25, 0.3) is 0 Å². The summed E-state index contributed by atoms with van der Waals surface area (Å²) in [6, 6.07) is 0. The minimum Gasteiger partial charge on any atom is -0.465 e. The van der Waals surface area contributed by atoms with Gasteiger partial charge in [0.2, 0.25) is 0 Å². The molecule has 0 radical (unpaired) electrons. The van der Waals surface area contributed by atoms with E-state index in [2.05, 4.69) is 46.1 Å². The van der Waals surface area contributed by atoms with Gasteiger partial charge in [-0.15, -0.1) is 0 Å². The van der Waals surface area contributed by atoms with Crippen molar-refractivity contribution in [3.63, 3.8) is 0 Å². The Morgan fingerprint density at radius 3 is 2.19 bits per heavy atom. The SMILES string of the molecule is C=C(C)[C@@H]1CC[C@]2(C(=O)OCCN3CCOCC3)CC[C@]3(C)C(CCC4[C@@]5(C)CC[C@H](OC(C)=O)[C@@](C)(COC(C)=O)C5CC[C@]43C)C12. The summed E-state index contributed by atoms with van der Waals surface area (Å²) >= 11 is 0. The van der Waals surface area contributed by atoms with Crippen LogP contribution in [-0.2, 0) is 33.3 Å². The van der Waals surface area contributed by atoms with Gasteiger partial charge in [0.05, 0.1) is 18.6 Å². The minimum absolute atomic E-state index is 0.0307. The number of hydrogen-bond acceptors (Lipinski definition) is 8. The van der Waals surface area contributed by atoms with Crippen LogP contribution in [0.3, 0.4) is 0 Å². The van der Waals surface area contributed by atoms with Gasteiger partial charge in [0, 0.05) is 38.9 Å². The highest BCUT2D eigenvalue weighted by molar-refractivity contribution is 5.78. The third kappa shape index (κ3) is 5.58. The number of esters is 3. The van der Waals surface area contributed by atoms with Crippen molar-refractivity contribution in [3.05, 3.63) is 12.2 Å². The van der Waals surface area contributed by atoms with E-state index in [1.54, 1.807) is 0 Å². The molecule has 0 spiro atoms. The van der Waals surface area contributed by atoms with E-state index in [-0.39, 0.29) is 58.7 Å². The summed E-state index contributed by atoms with van der Waals surface area (Å²) in [6.07, 6.45) is 9.76. The maximum Gasteiger partial charge on any atom is 0.312 e. The maximum absolute atomic E-state index is 14.3. The molecule has 1 aliphatic heterocycles. The molecule has 0 aromatic heterocycles. The average molecular weight is 670 g/mol. The van der Waals surface area contributed by atoms with Gasteiger partial charge in [0.15, 0.2) is 0 Å². The van der Waals surface area contributed by atoms with E-state index >= 15 is 0 Å². The first-order valence-corrected chi connectivity index (χ1v) is 19.1. The lowest BCUT2D eigenvalue weighted by Crippen LogP contribution is -2.68. The first-order chi connectivity index (χ1) is 22.6. The quantitative estimate of drug-likeness (QED) is 0.155. The largest absolute Gasteiger partial charge is 0.465 e. The van der Waals surface area contributed by atoms with Crippen LogP contribution in [0.2, 0.25) is 0 Å². The number of carbonyl (C=O) groups is 3. The Labute approximate surface area is 289 Å². The van der Waals surface area contributed by atoms with E-state index in [1.165, 1.54) is 19.4 Å². The third-order valence-corrected chi connectivity index (χ3v) is 15.9. The fraction of sp³-hybridized carbons (Fsp3) is 0.875. The van der Waals surface area contributed by atoms with Crippen molar-refractivity contribution in [1.82, 2.24) is 4.90 Å². The number of carbonyl (C=O) groups excluding carboxylic acids is 3. The molecule has 1 saturated heterocycles. The lowest BCUT2D eigenvalue weighted by molar-refractivity contribution is -0.257. The summed E-state index contributed by atoms with van der Waals surface area (Å²) in [4.78, 5) is 41.0. The summed E-state index contributed by atoms with van der Waals surface area (Å²) in [7, 11) is 0. The molecule has 0 aromatic rings. The summed E-state index contributed by atoms with van der Waals surface area (Å²) in [5, 5.41) is 0. The monoisotopic (exact) mass is 669 g/mol. The van der Waals surface area contributed by atoms with Crippen LogP contribution in [0.5, 0.6) is 0 Å². The second kappa shape index (κ2) is 13.0. The van der Waals surface area contributed by atoms with Gasteiger partial charge in [-0.05, 0) is 117 Å². The fourth-order valence-electron chi connectivity index (χ4n) is 13.4. The van der Waals surface area contributed by atoms with E-state index in [9.17, 15) is 14.4 Å². The van der Waals surface area contributed by atoms with Gasteiger partial charge in [-0.25, -0.2) is 0 Å². The smallest absolute Gasteiger partial charge is 0.312 e. The Morgan fingerprint density at radius 1 is 0.792 bits per heavy atom. The lowest BCUT2D eigenvalue weighted by Gasteiger charge is -2.72. The normalized spacial score (nSPS) is 45.5. The number of allylic oxidation sites excluding steroid dienone is 1. The summed E-state index contributed by atoms with van der Waals surface area (Å²) in [5.41, 5.74) is 0.582. The Kier molecular flexibility index (Phi) is 9.71. The molecular formula is C40H63NO7. The number of nitrogens with zero attached hydrogens (tertiary/aromatic N) is 1. The van der Waals surface area contributed by atoms with Crippen LogP contribution < -0.4 is 0 Å². The van der Waals surface area contributed by atoms with Crippen molar-refractivity contribution in [2.75, 3.05) is 46.1 Å². The zero-order valence-corrected chi connectivity index (χ0v) is 31.0. The molecule has 5 aliphatic carbocycles. The highest BCUT2D eigenvalue weighted by atomic mass is 16.6.